The van der Waals surface area contributed by atoms with E-state index in [9.17, 15) is 15.0 Å². The van der Waals surface area contributed by atoms with Crippen LogP contribution in [-0.4, -0.2) is 70.9 Å². The molecule has 2 N–H and O–H groups in total. The molecule has 2 aliphatic heterocycles. The number of likely N-dealkylation sites (tertiary alicyclic amines) is 2. The topological polar surface area (TPSA) is 91.7 Å². The maximum absolute atomic E-state index is 12.1. The van der Waals surface area contributed by atoms with Crippen molar-refractivity contribution in [2.24, 2.45) is 0 Å². The third kappa shape index (κ3) is 9.54. The molecule has 53 heavy (non-hydrogen) atoms. The van der Waals surface area contributed by atoms with Crippen LogP contribution in [0, 0.1) is 27.7 Å². The number of carboxylic acid groups (broad SMARTS) is 1. The fourth-order valence-electron chi connectivity index (χ4n) is 7.69. The number of halogens is 1. The first-order valence-electron chi connectivity index (χ1n) is 18.9. The van der Waals surface area contributed by atoms with Gasteiger partial charge in [0.1, 0.15) is 36.5 Å². The molecule has 0 aromatic heterocycles. The number of hydrogen-bond donors (Lipinski definition) is 2. The average molecular weight is 741 g/mol. The zero-order chi connectivity index (χ0) is 37.5. The summed E-state index contributed by atoms with van der Waals surface area (Å²) >= 11 is 6.91. The number of piperidine rings is 1. The summed E-state index contributed by atoms with van der Waals surface area (Å²) in [6, 6.07) is 21.9. The van der Waals surface area contributed by atoms with Crippen molar-refractivity contribution in [3.05, 3.63) is 111 Å². The molecule has 2 fully saturated rings. The van der Waals surface area contributed by atoms with Crippen LogP contribution in [-0.2, 0) is 24.6 Å². The highest BCUT2D eigenvalue weighted by Crippen LogP contribution is 2.37. The highest BCUT2D eigenvalue weighted by atomic mass is 35.5. The van der Waals surface area contributed by atoms with Crippen LogP contribution in [0.3, 0.4) is 0 Å². The van der Waals surface area contributed by atoms with Crippen molar-refractivity contribution >= 4 is 17.6 Å². The molecule has 6 rings (SSSR count). The van der Waals surface area contributed by atoms with Gasteiger partial charge in [-0.2, -0.15) is 0 Å². The van der Waals surface area contributed by atoms with Crippen LogP contribution >= 0.6 is 11.6 Å². The molecule has 0 bridgehead atoms. The number of aryl methyl sites for hydroxylation is 2. The lowest BCUT2D eigenvalue weighted by atomic mass is 9.93. The predicted octanol–water partition coefficient (Wildman–Crippen LogP) is 8.67. The second kappa shape index (κ2) is 17.8. The number of rotatable bonds is 15. The summed E-state index contributed by atoms with van der Waals surface area (Å²) in [5.41, 5.74) is 9.75. The van der Waals surface area contributed by atoms with E-state index >= 15 is 0 Å². The summed E-state index contributed by atoms with van der Waals surface area (Å²) in [6.07, 6.45) is 4.05. The molecule has 0 radical (unpaired) electrons. The van der Waals surface area contributed by atoms with E-state index in [2.05, 4.69) is 69.0 Å². The number of aliphatic hydroxyl groups is 1. The minimum Gasteiger partial charge on any atom is -0.493 e. The molecule has 4 aromatic carbocycles. The van der Waals surface area contributed by atoms with Gasteiger partial charge in [-0.15, -0.1) is 0 Å². The smallest absolute Gasteiger partial charge is 0.320 e. The lowest BCUT2D eigenvalue weighted by Crippen LogP contribution is -2.44. The first-order valence-corrected chi connectivity index (χ1v) is 19.3. The quantitative estimate of drug-likeness (QED) is 0.117. The van der Waals surface area contributed by atoms with Gasteiger partial charge < -0.3 is 29.3 Å². The third-order valence-electron chi connectivity index (χ3n) is 10.9. The summed E-state index contributed by atoms with van der Waals surface area (Å²) in [5.74, 6) is 1.23. The number of β-amino-alcohol motifs (C(OH)–C–C–N with tert-alkyl or cyclic N) is 1. The maximum Gasteiger partial charge on any atom is 0.320 e. The van der Waals surface area contributed by atoms with Gasteiger partial charge in [0.05, 0.1) is 17.7 Å². The summed E-state index contributed by atoms with van der Waals surface area (Å²) in [7, 11) is 0. The lowest BCUT2D eigenvalue weighted by molar-refractivity contribution is -0.144. The van der Waals surface area contributed by atoms with Gasteiger partial charge in [0, 0.05) is 37.8 Å². The van der Waals surface area contributed by atoms with Gasteiger partial charge in [0.15, 0.2) is 0 Å². The van der Waals surface area contributed by atoms with Crippen LogP contribution in [0.5, 0.6) is 17.2 Å². The number of carboxylic acids is 1. The van der Waals surface area contributed by atoms with Crippen LogP contribution in [0.25, 0.3) is 11.1 Å². The Kier molecular flexibility index (Phi) is 13.0. The molecule has 2 saturated heterocycles. The van der Waals surface area contributed by atoms with E-state index in [1.165, 1.54) is 0 Å². The molecule has 9 heteroatoms. The van der Waals surface area contributed by atoms with Crippen molar-refractivity contribution in [2.75, 3.05) is 32.8 Å². The average Bonchev–Trinajstić information content (AvgIpc) is 3.56. The Labute approximate surface area is 319 Å². The standard InChI is InChI=1S/C44H53ClN2O6/c1-29-11-7-12-30(2)38(29)28-53-42-24-43(39(45)23-34(42)25-47-20-6-5-16-40(47)44(49)50)52-27-33-13-8-14-36(31(33)3)37-15-9-17-41(32(37)4)51-22-10-19-46-21-18-35(48)26-46/h7-9,11-15,17,23-24,35,40,48H,5-6,10,16,18-22,25-28H2,1-4H3,(H,49,50). The van der Waals surface area contributed by atoms with E-state index in [1.807, 2.05) is 35.2 Å². The Morgan fingerprint density at radius 1 is 0.792 bits per heavy atom. The molecule has 2 atom stereocenters. The minimum absolute atomic E-state index is 0.202. The number of carbonyl (C=O) groups is 1. The largest absolute Gasteiger partial charge is 0.493 e. The molecule has 2 unspecified atom stereocenters. The van der Waals surface area contributed by atoms with Gasteiger partial charge in [-0.3, -0.25) is 9.69 Å². The van der Waals surface area contributed by atoms with E-state index in [0.29, 0.717) is 55.9 Å². The molecule has 8 nitrogen and oxygen atoms in total. The van der Waals surface area contributed by atoms with Gasteiger partial charge in [-0.1, -0.05) is 66.6 Å². The number of aliphatic hydroxyl groups excluding tert-OH is 1. The SMILES string of the molecule is Cc1cccc(C)c1COc1cc(OCc2cccc(-c3cccc(OCCCN4CCC(O)C4)c3C)c2C)c(Cl)cc1CN1CCCCC1C(=O)O. The molecular weight excluding hydrogens is 688 g/mol. The zero-order valence-corrected chi connectivity index (χ0v) is 32.3. The molecular formula is C44H53ClN2O6. The fraction of sp³-hybridized carbons (Fsp3) is 0.432. The van der Waals surface area contributed by atoms with Gasteiger partial charge in [0.25, 0.3) is 0 Å². The number of ether oxygens (including phenoxy) is 3. The van der Waals surface area contributed by atoms with Crippen LogP contribution in [0.4, 0.5) is 0 Å². The van der Waals surface area contributed by atoms with Crippen molar-refractivity contribution in [3.63, 3.8) is 0 Å². The number of benzene rings is 4. The van der Waals surface area contributed by atoms with Gasteiger partial charge in [-0.25, -0.2) is 0 Å². The molecule has 2 aliphatic rings. The predicted molar refractivity (Wildman–Crippen MR) is 210 cm³/mol. The van der Waals surface area contributed by atoms with E-state index in [1.54, 1.807) is 0 Å². The first kappa shape index (κ1) is 38.6. The van der Waals surface area contributed by atoms with Crippen molar-refractivity contribution in [3.8, 4) is 28.4 Å². The van der Waals surface area contributed by atoms with Gasteiger partial charge in [-0.05, 0) is 117 Å². The van der Waals surface area contributed by atoms with Crippen molar-refractivity contribution in [2.45, 2.75) is 91.7 Å². The second-order valence-electron chi connectivity index (χ2n) is 14.6. The molecule has 0 aliphatic carbocycles. The number of aliphatic carboxylic acids is 1. The Bertz CT molecular complexity index is 1880. The van der Waals surface area contributed by atoms with Crippen LogP contribution in [0.2, 0.25) is 5.02 Å². The first-order chi connectivity index (χ1) is 25.6. The molecule has 282 valence electrons. The highest BCUT2D eigenvalue weighted by Gasteiger charge is 2.29. The van der Waals surface area contributed by atoms with Crippen molar-refractivity contribution < 1.29 is 29.2 Å². The van der Waals surface area contributed by atoms with E-state index < -0.39 is 12.0 Å². The molecule has 2 heterocycles. The molecule has 4 aromatic rings. The Balaban J connectivity index is 1.19. The maximum atomic E-state index is 12.1. The summed E-state index contributed by atoms with van der Waals surface area (Å²) in [6.45, 7) is 13.4. The zero-order valence-electron chi connectivity index (χ0n) is 31.5. The Hall–Kier alpha value is -4.08. The monoisotopic (exact) mass is 740 g/mol. The van der Waals surface area contributed by atoms with Crippen molar-refractivity contribution in [1.29, 1.82) is 0 Å². The number of hydrogen-bond acceptors (Lipinski definition) is 7. The van der Waals surface area contributed by atoms with Crippen molar-refractivity contribution in [1.82, 2.24) is 9.80 Å². The third-order valence-corrected chi connectivity index (χ3v) is 11.2. The second-order valence-corrected chi connectivity index (χ2v) is 15.0. The van der Waals surface area contributed by atoms with E-state index in [-0.39, 0.29) is 6.10 Å². The molecule has 0 spiro atoms. The van der Waals surface area contributed by atoms with Gasteiger partial charge >= 0.3 is 5.97 Å². The summed E-state index contributed by atoms with van der Waals surface area (Å²) in [4.78, 5) is 16.4. The Morgan fingerprint density at radius 2 is 1.51 bits per heavy atom. The van der Waals surface area contributed by atoms with E-state index in [4.69, 9.17) is 25.8 Å². The lowest BCUT2D eigenvalue weighted by Gasteiger charge is -2.33. The Morgan fingerprint density at radius 3 is 2.25 bits per heavy atom. The summed E-state index contributed by atoms with van der Waals surface area (Å²) in [5, 5.41) is 20.2. The molecule has 0 amide bonds. The van der Waals surface area contributed by atoms with E-state index in [0.717, 1.165) is 101 Å². The highest BCUT2D eigenvalue weighted by molar-refractivity contribution is 6.32. The number of nitrogens with zero attached hydrogens (tertiary/aromatic N) is 2. The van der Waals surface area contributed by atoms with Crippen LogP contribution < -0.4 is 14.2 Å². The minimum atomic E-state index is -0.795. The van der Waals surface area contributed by atoms with Crippen LogP contribution in [0.15, 0.2) is 66.7 Å². The summed E-state index contributed by atoms with van der Waals surface area (Å²) < 4.78 is 19.2. The fourth-order valence-corrected chi connectivity index (χ4v) is 7.93. The van der Waals surface area contributed by atoms with Gasteiger partial charge in [0.2, 0.25) is 0 Å². The molecule has 0 saturated carbocycles. The normalized spacial score (nSPS) is 17.9. The van der Waals surface area contributed by atoms with Crippen LogP contribution in [0.1, 0.15) is 71.0 Å².